The average molecular weight is 497 g/mol. The van der Waals surface area contributed by atoms with Crippen molar-refractivity contribution in [3.8, 4) is 11.1 Å². The fraction of sp³-hybridized carbons (Fsp3) is 0.533. The molecule has 198 valence electrons. The Kier molecular flexibility index (Phi) is 13.8. The van der Waals surface area contributed by atoms with E-state index >= 15 is 0 Å². The lowest BCUT2D eigenvalue weighted by Crippen LogP contribution is -2.28. The van der Waals surface area contributed by atoms with Gasteiger partial charge < -0.3 is 9.47 Å². The highest BCUT2D eigenvalue weighted by Gasteiger charge is 2.10. The molecule has 0 spiro atoms. The molecular formula is C30H44N2O4. The van der Waals surface area contributed by atoms with Crippen LogP contribution in [0, 0.1) is 0 Å². The minimum atomic E-state index is -0.209. The molecule has 0 N–H and O–H groups in total. The number of rotatable bonds is 17. The van der Waals surface area contributed by atoms with Crippen LogP contribution < -0.4 is 0 Å². The fourth-order valence-electron chi connectivity index (χ4n) is 3.96. The van der Waals surface area contributed by atoms with E-state index in [2.05, 4.69) is 13.8 Å². The monoisotopic (exact) mass is 496 g/mol. The molecule has 0 aliphatic rings. The molecule has 0 saturated carbocycles. The summed E-state index contributed by atoms with van der Waals surface area (Å²) in [6, 6.07) is 16.0. The van der Waals surface area contributed by atoms with E-state index in [9.17, 15) is 9.59 Å². The van der Waals surface area contributed by atoms with Gasteiger partial charge in [0.05, 0.1) is 13.1 Å². The molecule has 0 fully saturated rings. The molecule has 2 aromatic rings. The normalized spacial score (nSPS) is 11.2. The predicted octanol–water partition coefficient (Wildman–Crippen LogP) is 5.68. The van der Waals surface area contributed by atoms with E-state index < -0.39 is 0 Å². The minimum absolute atomic E-state index is 0.209. The molecule has 0 aliphatic heterocycles. The SMILES string of the molecule is CCCCCN(C)CC(=O)OCc1cccc(-c2cccc(COC(=O)CN(C)CCCCC)c2)c1. The maximum Gasteiger partial charge on any atom is 0.320 e. The van der Waals surface area contributed by atoms with Crippen LogP contribution in [0.25, 0.3) is 11.1 Å². The average Bonchev–Trinajstić information content (AvgIpc) is 2.87. The molecule has 0 radical (unpaired) electrons. The maximum absolute atomic E-state index is 12.2. The highest BCUT2D eigenvalue weighted by atomic mass is 16.5. The molecule has 2 rings (SSSR count). The smallest absolute Gasteiger partial charge is 0.320 e. The number of unbranched alkanes of at least 4 members (excludes halogenated alkanes) is 4. The number of esters is 2. The van der Waals surface area contributed by atoms with Gasteiger partial charge in [-0.2, -0.15) is 0 Å². The van der Waals surface area contributed by atoms with Crippen LogP contribution in [0.4, 0.5) is 0 Å². The second kappa shape index (κ2) is 16.9. The molecule has 0 unspecified atom stereocenters. The summed E-state index contributed by atoms with van der Waals surface area (Å²) < 4.78 is 11.0. The molecule has 0 heterocycles. The second-order valence-corrected chi connectivity index (χ2v) is 9.61. The number of hydrogen-bond donors (Lipinski definition) is 0. The first-order valence-corrected chi connectivity index (χ1v) is 13.3. The van der Waals surface area contributed by atoms with Crippen molar-refractivity contribution in [3.05, 3.63) is 59.7 Å². The molecule has 6 heteroatoms. The third kappa shape index (κ3) is 11.8. The van der Waals surface area contributed by atoms with Crippen molar-refractivity contribution in [2.75, 3.05) is 40.3 Å². The number of carbonyl (C=O) groups excluding carboxylic acids is 2. The second-order valence-electron chi connectivity index (χ2n) is 9.61. The summed E-state index contributed by atoms with van der Waals surface area (Å²) in [6.45, 7) is 7.25. The van der Waals surface area contributed by atoms with Crippen molar-refractivity contribution in [2.45, 2.75) is 65.6 Å². The molecule has 0 aromatic heterocycles. The first-order chi connectivity index (χ1) is 17.4. The Morgan fingerprint density at radius 3 is 1.47 bits per heavy atom. The molecular weight excluding hydrogens is 452 g/mol. The summed E-state index contributed by atoms with van der Waals surface area (Å²) in [6.07, 6.45) is 6.87. The van der Waals surface area contributed by atoms with Gasteiger partial charge in [0.15, 0.2) is 0 Å². The van der Waals surface area contributed by atoms with Gasteiger partial charge in [-0.25, -0.2) is 0 Å². The Bertz CT molecular complexity index is 855. The lowest BCUT2D eigenvalue weighted by Gasteiger charge is -2.16. The highest BCUT2D eigenvalue weighted by Crippen LogP contribution is 2.22. The lowest BCUT2D eigenvalue weighted by atomic mass is 10.0. The van der Waals surface area contributed by atoms with Gasteiger partial charge in [0.1, 0.15) is 13.2 Å². The number of hydrogen-bond acceptors (Lipinski definition) is 6. The Morgan fingerprint density at radius 2 is 1.08 bits per heavy atom. The molecule has 6 nitrogen and oxygen atoms in total. The van der Waals surface area contributed by atoms with Crippen LogP contribution in [0.5, 0.6) is 0 Å². The zero-order valence-corrected chi connectivity index (χ0v) is 22.6. The summed E-state index contributed by atoms with van der Waals surface area (Å²) in [5.41, 5.74) is 3.95. The van der Waals surface area contributed by atoms with E-state index in [1.54, 1.807) is 0 Å². The summed E-state index contributed by atoms with van der Waals surface area (Å²) in [7, 11) is 3.90. The van der Waals surface area contributed by atoms with Crippen LogP contribution >= 0.6 is 0 Å². The van der Waals surface area contributed by atoms with Crippen LogP contribution in [-0.4, -0.2) is 62.0 Å². The first kappa shape index (κ1) is 29.5. The Morgan fingerprint density at radius 1 is 0.667 bits per heavy atom. The maximum atomic E-state index is 12.2. The fourth-order valence-corrected chi connectivity index (χ4v) is 3.96. The van der Waals surface area contributed by atoms with Crippen molar-refractivity contribution >= 4 is 11.9 Å². The van der Waals surface area contributed by atoms with Gasteiger partial charge in [0, 0.05) is 0 Å². The lowest BCUT2D eigenvalue weighted by molar-refractivity contribution is -0.146. The van der Waals surface area contributed by atoms with Gasteiger partial charge in [-0.05, 0) is 74.4 Å². The number of nitrogens with zero attached hydrogens (tertiary/aromatic N) is 2. The molecule has 0 saturated heterocycles. The quantitative estimate of drug-likeness (QED) is 0.207. The van der Waals surface area contributed by atoms with Crippen molar-refractivity contribution in [2.24, 2.45) is 0 Å². The Labute approximate surface area is 217 Å². The summed E-state index contributed by atoms with van der Waals surface area (Å²) >= 11 is 0. The predicted molar refractivity (Wildman–Crippen MR) is 146 cm³/mol. The van der Waals surface area contributed by atoms with Crippen molar-refractivity contribution in [1.82, 2.24) is 9.80 Å². The first-order valence-electron chi connectivity index (χ1n) is 13.3. The third-order valence-corrected chi connectivity index (χ3v) is 6.07. The summed E-state index contributed by atoms with van der Waals surface area (Å²) in [4.78, 5) is 28.4. The molecule has 0 amide bonds. The van der Waals surface area contributed by atoms with Crippen molar-refractivity contribution in [3.63, 3.8) is 0 Å². The van der Waals surface area contributed by atoms with Crippen molar-refractivity contribution in [1.29, 1.82) is 0 Å². The molecule has 0 aliphatic carbocycles. The number of ether oxygens (including phenoxy) is 2. The zero-order valence-electron chi connectivity index (χ0n) is 22.6. The number of benzene rings is 2. The molecule has 36 heavy (non-hydrogen) atoms. The van der Waals surface area contributed by atoms with Crippen molar-refractivity contribution < 1.29 is 19.1 Å². The van der Waals surface area contributed by atoms with E-state index in [1.807, 2.05) is 72.4 Å². The zero-order chi connectivity index (χ0) is 26.2. The highest BCUT2D eigenvalue weighted by molar-refractivity contribution is 5.72. The largest absolute Gasteiger partial charge is 0.460 e. The van der Waals surface area contributed by atoms with Crippen LogP contribution in [0.3, 0.4) is 0 Å². The van der Waals surface area contributed by atoms with Crippen LogP contribution in [-0.2, 0) is 32.3 Å². The van der Waals surface area contributed by atoms with Gasteiger partial charge in [-0.1, -0.05) is 75.9 Å². The van der Waals surface area contributed by atoms with E-state index in [4.69, 9.17) is 9.47 Å². The van der Waals surface area contributed by atoms with Crippen LogP contribution in [0.2, 0.25) is 0 Å². The van der Waals surface area contributed by atoms with E-state index in [0.717, 1.165) is 48.2 Å². The molecule has 0 atom stereocenters. The van der Waals surface area contributed by atoms with E-state index in [0.29, 0.717) is 13.1 Å². The van der Waals surface area contributed by atoms with Gasteiger partial charge >= 0.3 is 11.9 Å². The molecule has 0 bridgehead atoms. The molecule has 2 aromatic carbocycles. The Hall–Kier alpha value is -2.70. The summed E-state index contributed by atoms with van der Waals surface area (Å²) in [5, 5.41) is 0. The van der Waals surface area contributed by atoms with Crippen LogP contribution in [0.15, 0.2) is 48.5 Å². The number of likely N-dealkylation sites (N-methyl/N-ethyl adjacent to an activating group) is 2. The number of carbonyl (C=O) groups is 2. The topological polar surface area (TPSA) is 59.1 Å². The summed E-state index contributed by atoms with van der Waals surface area (Å²) in [5.74, 6) is -0.418. The van der Waals surface area contributed by atoms with Gasteiger partial charge in [-0.15, -0.1) is 0 Å². The third-order valence-electron chi connectivity index (χ3n) is 6.07. The van der Waals surface area contributed by atoms with Gasteiger partial charge in [0.2, 0.25) is 0 Å². The van der Waals surface area contributed by atoms with E-state index in [-0.39, 0.29) is 25.2 Å². The van der Waals surface area contributed by atoms with E-state index in [1.165, 1.54) is 25.7 Å². The van der Waals surface area contributed by atoms with Gasteiger partial charge in [0.25, 0.3) is 0 Å². The Balaban J connectivity index is 1.85. The minimum Gasteiger partial charge on any atom is -0.460 e. The standard InChI is InChI=1S/C30H44N2O4/c1-5-7-9-17-31(3)21-29(33)35-23-25-13-11-15-27(19-25)28-16-12-14-26(20-28)24-36-30(34)22-32(4)18-10-8-6-2/h11-16,19-20H,5-10,17-18,21-24H2,1-4H3. The van der Waals surface area contributed by atoms with Gasteiger partial charge in [-0.3, -0.25) is 19.4 Å². The van der Waals surface area contributed by atoms with Crippen LogP contribution in [0.1, 0.15) is 63.5 Å².